The lowest BCUT2D eigenvalue weighted by atomic mass is 9.86. The maximum Gasteiger partial charge on any atom is 0.322 e. The average Bonchev–Trinajstić information content (AvgIpc) is 2.85. The molecule has 0 bridgehead atoms. The fourth-order valence-corrected chi connectivity index (χ4v) is 3.99. The van der Waals surface area contributed by atoms with E-state index in [1.807, 2.05) is 0 Å². The third-order valence-electron chi connectivity index (χ3n) is 3.82. The minimum Gasteiger partial charge on any atom is -0.348 e. The molecule has 0 fully saturated rings. The van der Waals surface area contributed by atoms with E-state index in [1.165, 1.54) is 14.2 Å². The number of benzene rings is 1. The minimum absolute atomic E-state index is 0.317. The van der Waals surface area contributed by atoms with Crippen LogP contribution in [-0.4, -0.2) is 36.6 Å². The Morgan fingerprint density at radius 1 is 1.17 bits per heavy atom. The van der Waals surface area contributed by atoms with Crippen LogP contribution in [-0.2, 0) is 14.3 Å². The zero-order chi connectivity index (χ0) is 16.8. The van der Waals surface area contributed by atoms with Crippen LogP contribution in [0.1, 0.15) is 5.56 Å². The lowest BCUT2D eigenvalue weighted by Gasteiger charge is -2.42. The van der Waals surface area contributed by atoms with Crippen LogP contribution in [0.3, 0.4) is 0 Å². The average molecular weight is 421 g/mol. The van der Waals surface area contributed by atoms with Gasteiger partial charge in [-0.25, -0.2) is 0 Å². The molecule has 5 nitrogen and oxygen atoms in total. The van der Waals surface area contributed by atoms with E-state index in [-0.39, 0.29) is 0 Å². The van der Waals surface area contributed by atoms with Crippen molar-refractivity contribution in [3.63, 3.8) is 0 Å². The summed E-state index contributed by atoms with van der Waals surface area (Å²) in [6.07, 6.45) is 3.33. The fourth-order valence-electron chi connectivity index (χ4n) is 2.69. The first-order chi connectivity index (χ1) is 10.9. The molecule has 3 rings (SSSR count). The van der Waals surface area contributed by atoms with E-state index in [0.29, 0.717) is 31.4 Å². The highest BCUT2D eigenvalue weighted by molar-refractivity contribution is 9.11. The lowest BCUT2D eigenvalue weighted by Crippen LogP contribution is -2.59. The van der Waals surface area contributed by atoms with Crippen molar-refractivity contribution in [1.82, 2.24) is 0 Å². The quantitative estimate of drug-likeness (QED) is 0.758. The van der Waals surface area contributed by atoms with E-state index < -0.39 is 11.6 Å². The number of ether oxygens (including phenoxy) is 2. The fraction of sp³-hybridized carbons (Fsp3) is 0.267. The first-order valence-corrected chi connectivity index (χ1v) is 8.08. The smallest absolute Gasteiger partial charge is 0.322 e. The van der Waals surface area contributed by atoms with Crippen molar-refractivity contribution < 1.29 is 19.4 Å². The van der Waals surface area contributed by atoms with Crippen LogP contribution in [0.5, 0.6) is 0 Å². The SMILES string of the molecule is COC1(OC)C(Br)=CC=C2C(c3c(Cl)cccc3Cl)=NOC21O. The zero-order valence-electron chi connectivity index (χ0n) is 12.1. The van der Waals surface area contributed by atoms with Crippen LogP contribution >= 0.6 is 39.1 Å². The molecule has 1 aliphatic heterocycles. The Bertz CT molecular complexity index is 738. The van der Waals surface area contributed by atoms with Crippen molar-refractivity contribution in [2.24, 2.45) is 5.16 Å². The molecule has 8 heteroatoms. The summed E-state index contributed by atoms with van der Waals surface area (Å²) in [5.74, 6) is -3.59. The maximum atomic E-state index is 11.1. The zero-order valence-corrected chi connectivity index (χ0v) is 15.2. The molecule has 122 valence electrons. The predicted octanol–water partition coefficient (Wildman–Crippen LogP) is 3.62. The Morgan fingerprint density at radius 3 is 2.35 bits per heavy atom. The number of aliphatic hydroxyl groups is 1. The van der Waals surface area contributed by atoms with Gasteiger partial charge in [-0.2, -0.15) is 0 Å². The molecule has 0 saturated heterocycles. The Morgan fingerprint density at radius 2 is 1.78 bits per heavy atom. The molecule has 1 unspecified atom stereocenters. The summed E-state index contributed by atoms with van der Waals surface area (Å²) in [5, 5.41) is 15.9. The molecular formula is C15H12BrCl2NO4. The van der Waals surface area contributed by atoms with E-state index in [2.05, 4.69) is 21.1 Å². The number of methoxy groups -OCH3 is 2. The molecule has 1 N–H and O–H groups in total. The summed E-state index contributed by atoms with van der Waals surface area (Å²) < 4.78 is 11.3. The summed E-state index contributed by atoms with van der Waals surface area (Å²) in [6, 6.07) is 5.08. The van der Waals surface area contributed by atoms with Gasteiger partial charge in [-0.15, -0.1) is 0 Å². The largest absolute Gasteiger partial charge is 0.348 e. The molecule has 0 aromatic heterocycles. The number of rotatable bonds is 3. The molecule has 0 saturated carbocycles. The van der Waals surface area contributed by atoms with E-state index in [4.69, 9.17) is 37.5 Å². The van der Waals surface area contributed by atoms with Gasteiger partial charge in [0, 0.05) is 19.8 Å². The van der Waals surface area contributed by atoms with Crippen LogP contribution in [0.25, 0.3) is 0 Å². The standard InChI is InChI=1S/C15H12BrCl2NO4/c1-21-15(22-2)11(16)7-6-8-13(19-23-14(8,15)20)12-9(17)4-3-5-10(12)18/h3-7,20H,1-2H3. The third kappa shape index (κ3) is 2.21. The Kier molecular flexibility index (Phi) is 4.33. The van der Waals surface area contributed by atoms with Crippen molar-refractivity contribution in [3.8, 4) is 0 Å². The molecule has 1 atom stereocenters. The van der Waals surface area contributed by atoms with E-state index in [9.17, 15) is 5.11 Å². The lowest BCUT2D eigenvalue weighted by molar-refractivity contribution is -0.343. The molecule has 23 heavy (non-hydrogen) atoms. The summed E-state index contributed by atoms with van der Waals surface area (Å²) in [4.78, 5) is 5.33. The summed E-state index contributed by atoms with van der Waals surface area (Å²) in [7, 11) is 2.78. The second kappa shape index (κ2) is 5.88. The second-order valence-electron chi connectivity index (χ2n) is 4.89. The van der Waals surface area contributed by atoms with Crippen molar-refractivity contribution >= 4 is 44.8 Å². The van der Waals surface area contributed by atoms with Gasteiger partial charge in [0.2, 0.25) is 0 Å². The van der Waals surface area contributed by atoms with Gasteiger partial charge >= 0.3 is 5.79 Å². The number of nitrogens with zero attached hydrogens (tertiary/aromatic N) is 1. The van der Waals surface area contributed by atoms with E-state index >= 15 is 0 Å². The molecule has 0 spiro atoms. The molecular weight excluding hydrogens is 409 g/mol. The first kappa shape index (κ1) is 17.0. The van der Waals surface area contributed by atoms with Crippen LogP contribution in [0.2, 0.25) is 10.0 Å². The Labute approximate surface area is 151 Å². The van der Waals surface area contributed by atoms with Crippen LogP contribution in [0.4, 0.5) is 0 Å². The van der Waals surface area contributed by atoms with E-state index in [1.54, 1.807) is 30.4 Å². The maximum absolute atomic E-state index is 11.1. The van der Waals surface area contributed by atoms with Gasteiger partial charge in [0.25, 0.3) is 5.79 Å². The predicted molar refractivity (Wildman–Crippen MR) is 90.9 cm³/mol. The van der Waals surface area contributed by atoms with Gasteiger partial charge in [-0.3, -0.25) is 0 Å². The van der Waals surface area contributed by atoms with Gasteiger partial charge in [0.1, 0.15) is 5.71 Å². The van der Waals surface area contributed by atoms with E-state index in [0.717, 1.165) is 0 Å². The number of halogens is 3. The van der Waals surface area contributed by atoms with Crippen LogP contribution in [0, 0.1) is 0 Å². The number of hydrogen-bond donors (Lipinski definition) is 1. The molecule has 1 aromatic rings. The molecule has 1 aromatic carbocycles. The molecule has 1 heterocycles. The van der Waals surface area contributed by atoms with Crippen LogP contribution < -0.4 is 0 Å². The van der Waals surface area contributed by atoms with Crippen molar-refractivity contribution in [2.75, 3.05) is 14.2 Å². The van der Waals surface area contributed by atoms with Crippen molar-refractivity contribution in [2.45, 2.75) is 11.6 Å². The highest BCUT2D eigenvalue weighted by Gasteiger charge is 2.64. The number of fused-ring (bicyclic) bond motifs is 1. The van der Waals surface area contributed by atoms with Gasteiger partial charge in [0.05, 0.1) is 20.1 Å². The van der Waals surface area contributed by atoms with Gasteiger partial charge in [-0.1, -0.05) is 34.4 Å². The van der Waals surface area contributed by atoms with Gasteiger partial charge in [0.15, 0.2) is 0 Å². The normalized spacial score (nSPS) is 25.2. The Hall–Kier alpha value is -0.890. The second-order valence-corrected chi connectivity index (χ2v) is 6.56. The molecule has 0 radical (unpaired) electrons. The van der Waals surface area contributed by atoms with Gasteiger partial charge in [-0.05, 0) is 40.2 Å². The minimum atomic E-state index is -1.98. The summed E-state index contributed by atoms with van der Waals surface area (Å²) in [5.41, 5.74) is 1.11. The summed E-state index contributed by atoms with van der Waals surface area (Å²) in [6.45, 7) is 0. The molecule has 0 amide bonds. The Balaban J connectivity index is 2.18. The van der Waals surface area contributed by atoms with Crippen molar-refractivity contribution in [3.05, 3.63) is 56.0 Å². The highest BCUT2D eigenvalue weighted by Crippen LogP contribution is 2.49. The number of hydrogen-bond acceptors (Lipinski definition) is 5. The molecule has 1 aliphatic carbocycles. The van der Waals surface area contributed by atoms with Crippen LogP contribution in [0.15, 0.2) is 45.6 Å². The monoisotopic (exact) mass is 419 g/mol. The third-order valence-corrected chi connectivity index (χ3v) is 5.24. The van der Waals surface area contributed by atoms with Crippen molar-refractivity contribution in [1.29, 1.82) is 0 Å². The number of oxime groups is 1. The summed E-state index contributed by atoms with van der Waals surface area (Å²) >= 11 is 15.8. The first-order valence-electron chi connectivity index (χ1n) is 6.53. The number of allylic oxidation sites excluding steroid dienone is 2. The molecule has 2 aliphatic rings. The topological polar surface area (TPSA) is 60.3 Å². The highest BCUT2D eigenvalue weighted by atomic mass is 79.9. The van der Waals surface area contributed by atoms with Gasteiger partial charge < -0.3 is 19.4 Å².